The van der Waals surface area contributed by atoms with E-state index in [0.717, 1.165) is 18.4 Å². The minimum absolute atomic E-state index is 0.0413. The van der Waals surface area contributed by atoms with Gasteiger partial charge in [-0.15, -0.1) is 0 Å². The second kappa shape index (κ2) is 10.3. The Morgan fingerprint density at radius 1 is 1.17 bits per heavy atom. The molecule has 3 rings (SSSR count). The molecule has 0 aliphatic carbocycles. The lowest BCUT2D eigenvalue weighted by Crippen LogP contribution is -2.41. The largest absolute Gasteiger partial charge is 0.488 e. The van der Waals surface area contributed by atoms with Gasteiger partial charge in [0.1, 0.15) is 18.2 Å². The van der Waals surface area contributed by atoms with Crippen LogP contribution in [0.4, 0.5) is 4.39 Å². The summed E-state index contributed by atoms with van der Waals surface area (Å²) >= 11 is 0. The van der Waals surface area contributed by atoms with Crippen molar-refractivity contribution in [2.45, 2.75) is 25.6 Å². The summed E-state index contributed by atoms with van der Waals surface area (Å²) in [5, 5.41) is 6.35. The molecule has 152 valence electrons. The van der Waals surface area contributed by atoms with E-state index in [4.69, 9.17) is 9.47 Å². The molecule has 1 saturated heterocycles. The fraction of sp³-hybridized carbons (Fsp3) is 0.286. The van der Waals surface area contributed by atoms with Crippen LogP contribution in [0, 0.1) is 5.82 Å². The van der Waals surface area contributed by atoms with Crippen molar-refractivity contribution in [1.82, 2.24) is 10.7 Å². The molecular formula is C21H22FN3O4. The standard InChI is InChI=1S/C21H22FN3O4/c22-17-9-7-15(8-10-17)14-29-19-6-2-1-4-16(19)12-24-25-21(27)20(26)23-13-18-5-3-11-28-18/h1-2,4,6-10,12,18H,3,5,11,13-14H2,(H,23,26)(H,25,27)/b24-12-/t18-/m0/s1. The molecule has 1 atom stereocenters. The highest BCUT2D eigenvalue weighted by Crippen LogP contribution is 2.17. The molecule has 29 heavy (non-hydrogen) atoms. The fourth-order valence-corrected chi connectivity index (χ4v) is 2.76. The van der Waals surface area contributed by atoms with Crippen molar-refractivity contribution >= 4 is 18.0 Å². The Morgan fingerprint density at radius 3 is 2.72 bits per heavy atom. The zero-order valence-electron chi connectivity index (χ0n) is 15.8. The Hall–Kier alpha value is -3.26. The molecule has 8 heteroatoms. The topological polar surface area (TPSA) is 89.0 Å². The van der Waals surface area contributed by atoms with E-state index in [1.54, 1.807) is 36.4 Å². The molecule has 0 saturated carbocycles. The smallest absolute Gasteiger partial charge is 0.329 e. The van der Waals surface area contributed by atoms with Gasteiger partial charge in [0.15, 0.2) is 0 Å². The van der Waals surface area contributed by atoms with Crippen molar-refractivity contribution in [1.29, 1.82) is 0 Å². The Balaban J connectivity index is 1.49. The zero-order valence-corrected chi connectivity index (χ0v) is 15.8. The maximum Gasteiger partial charge on any atom is 0.329 e. The van der Waals surface area contributed by atoms with Crippen molar-refractivity contribution in [3.63, 3.8) is 0 Å². The average Bonchev–Trinajstić information content (AvgIpc) is 3.26. The summed E-state index contributed by atoms with van der Waals surface area (Å²) in [6.07, 6.45) is 3.18. The van der Waals surface area contributed by atoms with Crippen LogP contribution in [-0.4, -0.2) is 37.3 Å². The van der Waals surface area contributed by atoms with E-state index in [1.165, 1.54) is 18.3 Å². The second-order valence-electron chi connectivity index (χ2n) is 6.50. The molecule has 1 fully saturated rings. The van der Waals surface area contributed by atoms with E-state index in [0.29, 0.717) is 24.5 Å². The van der Waals surface area contributed by atoms with E-state index in [9.17, 15) is 14.0 Å². The lowest BCUT2D eigenvalue weighted by atomic mass is 10.2. The molecule has 2 aromatic carbocycles. The summed E-state index contributed by atoms with van der Waals surface area (Å²) in [5.41, 5.74) is 3.63. The first-order valence-electron chi connectivity index (χ1n) is 9.31. The Bertz CT molecular complexity index is 864. The molecule has 2 N–H and O–H groups in total. The van der Waals surface area contributed by atoms with Crippen LogP contribution in [0.3, 0.4) is 0 Å². The third-order valence-electron chi connectivity index (χ3n) is 4.32. The first-order valence-corrected chi connectivity index (χ1v) is 9.31. The molecule has 1 heterocycles. The maximum atomic E-state index is 13.0. The molecule has 2 aromatic rings. The Morgan fingerprint density at radius 2 is 1.97 bits per heavy atom. The van der Waals surface area contributed by atoms with E-state index >= 15 is 0 Å². The number of hydrazone groups is 1. The number of nitrogens with zero attached hydrogens (tertiary/aromatic N) is 1. The van der Waals surface area contributed by atoms with Crippen LogP contribution in [-0.2, 0) is 20.9 Å². The highest BCUT2D eigenvalue weighted by atomic mass is 19.1. The van der Waals surface area contributed by atoms with Crippen molar-refractivity contribution in [3.8, 4) is 5.75 Å². The monoisotopic (exact) mass is 399 g/mol. The van der Waals surface area contributed by atoms with Gasteiger partial charge < -0.3 is 14.8 Å². The summed E-state index contributed by atoms with van der Waals surface area (Å²) < 4.78 is 24.1. The van der Waals surface area contributed by atoms with Crippen LogP contribution >= 0.6 is 0 Å². The number of halogens is 1. The summed E-state index contributed by atoms with van der Waals surface area (Å²) in [6, 6.07) is 13.1. The van der Waals surface area contributed by atoms with Crippen molar-refractivity contribution in [2.75, 3.05) is 13.2 Å². The molecule has 0 spiro atoms. The molecule has 0 aromatic heterocycles. The van der Waals surface area contributed by atoms with Gasteiger partial charge in [-0.2, -0.15) is 5.10 Å². The zero-order chi connectivity index (χ0) is 20.5. The third-order valence-corrected chi connectivity index (χ3v) is 4.32. The Labute approximate surface area is 167 Å². The van der Waals surface area contributed by atoms with Crippen molar-refractivity contribution in [2.24, 2.45) is 5.10 Å². The van der Waals surface area contributed by atoms with Crippen LogP contribution in [0.2, 0.25) is 0 Å². The van der Waals surface area contributed by atoms with Gasteiger partial charge in [-0.25, -0.2) is 9.82 Å². The number of amides is 2. The molecule has 7 nitrogen and oxygen atoms in total. The first-order chi connectivity index (χ1) is 14.1. The molecule has 0 unspecified atom stereocenters. The molecule has 0 radical (unpaired) electrons. The highest BCUT2D eigenvalue weighted by Gasteiger charge is 2.18. The number of benzene rings is 2. The summed E-state index contributed by atoms with van der Waals surface area (Å²) in [5.74, 6) is -1.39. The van der Waals surface area contributed by atoms with Crippen molar-refractivity contribution < 1.29 is 23.5 Å². The lowest BCUT2D eigenvalue weighted by Gasteiger charge is -2.10. The van der Waals surface area contributed by atoms with Gasteiger partial charge in [0.2, 0.25) is 0 Å². The molecule has 1 aliphatic rings. The van der Waals surface area contributed by atoms with E-state index in [-0.39, 0.29) is 18.5 Å². The number of rotatable bonds is 7. The number of ether oxygens (including phenoxy) is 2. The van der Waals surface area contributed by atoms with Gasteiger partial charge in [-0.05, 0) is 42.7 Å². The minimum atomic E-state index is -0.857. The van der Waals surface area contributed by atoms with Crippen molar-refractivity contribution in [3.05, 3.63) is 65.5 Å². The first kappa shape index (κ1) is 20.5. The van der Waals surface area contributed by atoms with Gasteiger partial charge in [0.05, 0.1) is 12.3 Å². The molecule has 0 bridgehead atoms. The number of carbonyl (C=O) groups excluding carboxylic acids is 2. The lowest BCUT2D eigenvalue weighted by molar-refractivity contribution is -0.139. The van der Waals surface area contributed by atoms with Crippen LogP contribution in [0.15, 0.2) is 53.6 Å². The van der Waals surface area contributed by atoms with Gasteiger partial charge in [-0.1, -0.05) is 24.3 Å². The normalized spacial score (nSPS) is 16.0. The molecule has 2 amide bonds. The fourth-order valence-electron chi connectivity index (χ4n) is 2.76. The highest BCUT2D eigenvalue weighted by molar-refractivity contribution is 6.35. The summed E-state index contributed by atoms with van der Waals surface area (Å²) in [4.78, 5) is 23.6. The van der Waals surface area contributed by atoms with E-state index in [2.05, 4.69) is 15.8 Å². The average molecular weight is 399 g/mol. The number of nitrogens with one attached hydrogen (secondary N) is 2. The summed E-state index contributed by atoms with van der Waals surface area (Å²) in [7, 11) is 0. The van der Waals surface area contributed by atoms with Crippen LogP contribution in [0.1, 0.15) is 24.0 Å². The van der Waals surface area contributed by atoms with E-state index < -0.39 is 11.8 Å². The number of carbonyl (C=O) groups is 2. The predicted molar refractivity (Wildman–Crippen MR) is 105 cm³/mol. The number of hydrogen-bond acceptors (Lipinski definition) is 5. The third kappa shape index (κ3) is 6.39. The van der Waals surface area contributed by atoms with E-state index in [1.807, 2.05) is 0 Å². The maximum absolute atomic E-state index is 13.0. The number of hydrogen-bond donors (Lipinski definition) is 2. The molecule has 1 aliphatic heterocycles. The quantitative estimate of drug-likeness (QED) is 0.424. The molecular weight excluding hydrogens is 377 g/mol. The van der Waals surface area contributed by atoms with Gasteiger partial charge in [-0.3, -0.25) is 9.59 Å². The van der Waals surface area contributed by atoms with Crippen LogP contribution in [0.25, 0.3) is 0 Å². The van der Waals surface area contributed by atoms with Gasteiger partial charge >= 0.3 is 11.8 Å². The summed E-state index contributed by atoms with van der Waals surface area (Å²) in [6.45, 7) is 1.23. The number of para-hydroxylation sites is 1. The SMILES string of the molecule is O=C(NC[C@@H]1CCCO1)C(=O)N/N=C\c1ccccc1OCc1ccc(F)cc1. The van der Waals surface area contributed by atoms with Gasteiger partial charge in [0.25, 0.3) is 0 Å². The van der Waals surface area contributed by atoms with Crippen LogP contribution in [0.5, 0.6) is 5.75 Å². The second-order valence-corrected chi connectivity index (χ2v) is 6.50. The Kier molecular flexibility index (Phi) is 7.29. The predicted octanol–water partition coefficient (Wildman–Crippen LogP) is 2.15. The van der Waals surface area contributed by atoms with Gasteiger partial charge in [0, 0.05) is 18.7 Å². The van der Waals surface area contributed by atoms with Crippen LogP contribution < -0.4 is 15.5 Å². The minimum Gasteiger partial charge on any atom is -0.488 e.